The summed E-state index contributed by atoms with van der Waals surface area (Å²) in [7, 11) is 0. The lowest BCUT2D eigenvalue weighted by molar-refractivity contribution is -0.394. The van der Waals surface area contributed by atoms with Crippen molar-refractivity contribution in [3.05, 3.63) is 44.0 Å². The van der Waals surface area contributed by atoms with Crippen molar-refractivity contribution in [3.8, 4) is 0 Å². The molecule has 0 amide bonds. The highest BCUT2D eigenvalue weighted by molar-refractivity contribution is 9.09. The first-order chi connectivity index (χ1) is 9.35. The molecule has 1 atom stereocenters. The monoisotopic (exact) mass is 346 g/mol. The normalized spacial score (nSPS) is 11.7. The second-order valence-corrected chi connectivity index (χ2v) is 5.15. The Hall–Kier alpha value is -2.03. The average molecular weight is 347 g/mol. The molecule has 9 heteroatoms. The van der Waals surface area contributed by atoms with Crippen LogP contribution in [0.3, 0.4) is 0 Å². The minimum atomic E-state index is -0.838. The van der Waals surface area contributed by atoms with Crippen molar-refractivity contribution in [2.24, 2.45) is 0 Å². The van der Waals surface area contributed by atoms with Crippen LogP contribution in [-0.4, -0.2) is 27.2 Å². The van der Waals surface area contributed by atoms with Crippen molar-refractivity contribution in [3.63, 3.8) is 0 Å². The van der Waals surface area contributed by atoms with Crippen molar-refractivity contribution in [2.45, 2.75) is 18.2 Å². The maximum atomic E-state index is 11.7. The number of benzene rings is 1. The third kappa shape index (κ3) is 4.26. The fourth-order valence-corrected chi connectivity index (χ4v) is 1.42. The fraction of sp³-hybridized carbons (Fsp3) is 0.364. The Morgan fingerprint density at radius 2 is 1.75 bits per heavy atom. The lowest BCUT2D eigenvalue weighted by Gasteiger charge is -2.08. The van der Waals surface area contributed by atoms with E-state index in [9.17, 15) is 25.0 Å². The summed E-state index contributed by atoms with van der Waals surface area (Å²) in [4.78, 5) is 31.5. The van der Waals surface area contributed by atoms with Crippen LogP contribution in [0.2, 0.25) is 0 Å². The predicted octanol–water partition coefficient (Wildman–Crippen LogP) is 2.83. The van der Waals surface area contributed by atoms with Crippen molar-refractivity contribution in [1.82, 2.24) is 0 Å². The van der Waals surface area contributed by atoms with E-state index in [2.05, 4.69) is 15.9 Å². The molecule has 0 N–H and O–H groups in total. The molecule has 8 nitrogen and oxygen atoms in total. The van der Waals surface area contributed by atoms with Crippen LogP contribution >= 0.6 is 15.9 Å². The molecule has 0 aliphatic rings. The van der Waals surface area contributed by atoms with Crippen LogP contribution in [-0.2, 0) is 4.74 Å². The Labute approximate surface area is 122 Å². The van der Waals surface area contributed by atoms with E-state index in [0.29, 0.717) is 0 Å². The molecule has 20 heavy (non-hydrogen) atoms. The first-order valence-electron chi connectivity index (χ1n) is 5.60. The number of hydrogen-bond acceptors (Lipinski definition) is 6. The minimum Gasteiger partial charge on any atom is -0.461 e. The van der Waals surface area contributed by atoms with Crippen LogP contribution < -0.4 is 0 Å². The van der Waals surface area contributed by atoms with Gasteiger partial charge in [-0.25, -0.2) is 4.79 Å². The van der Waals surface area contributed by atoms with Gasteiger partial charge in [-0.2, -0.15) is 0 Å². The van der Waals surface area contributed by atoms with Crippen LogP contribution in [0.1, 0.15) is 23.7 Å². The Bertz CT molecular complexity index is 515. The molecule has 0 bridgehead atoms. The van der Waals surface area contributed by atoms with Crippen LogP contribution in [0.15, 0.2) is 18.2 Å². The van der Waals surface area contributed by atoms with Crippen LogP contribution in [0, 0.1) is 20.2 Å². The van der Waals surface area contributed by atoms with Crippen LogP contribution in [0.4, 0.5) is 11.4 Å². The molecule has 0 fully saturated rings. The minimum absolute atomic E-state index is 0.0415. The number of carbonyl (C=O) groups is 1. The number of ether oxygens (including phenoxy) is 1. The molecule has 0 saturated heterocycles. The summed E-state index contributed by atoms with van der Waals surface area (Å²) in [5.74, 6) is -0.838. The largest absolute Gasteiger partial charge is 0.461 e. The van der Waals surface area contributed by atoms with E-state index in [0.717, 1.165) is 24.6 Å². The zero-order valence-electron chi connectivity index (χ0n) is 10.4. The summed E-state index contributed by atoms with van der Waals surface area (Å²) in [5, 5.41) is 21.4. The van der Waals surface area contributed by atoms with E-state index < -0.39 is 27.2 Å². The maximum Gasteiger partial charge on any atom is 0.338 e. The summed E-state index contributed by atoms with van der Waals surface area (Å²) in [6.45, 7) is 1.96. The fourth-order valence-electron chi connectivity index (χ4n) is 1.29. The summed E-state index contributed by atoms with van der Waals surface area (Å²) >= 11 is 3.26. The number of nitro benzene ring substituents is 2. The number of alkyl halides is 1. The lowest BCUT2D eigenvalue weighted by atomic mass is 10.2. The first kappa shape index (κ1) is 16.0. The van der Waals surface area contributed by atoms with Gasteiger partial charge in [-0.05, 0) is 6.42 Å². The molecule has 0 spiro atoms. The van der Waals surface area contributed by atoms with E-state index in [1.165, 1.54) is 0 Å². The van der Waals surface area contributed by atoms with Gasteiger partial charge in [0.2, 0.25) is 0 Å². The van der Waals surface area contributed by atoms with E-state index in [1.807, 2.05) is 6.92 Å². The highest BCUT2D eigenvalue weighted by Crippen LogP contribution is 2.23. The van der Waals surface area contributed by atoms with Gasteiger partial charge in [-0.15, -0.1) is 0 Å². The van der Waals surface area contributed by atoms with Gasteiger partial charge in [-0.3, -0.25) is 20.2 Å². The maximum absolute atomic E-state index is 11.7. The Balaban J connectivity index is 3.01. The molecular formula is C11H11BrN2O6. The Morgan fingerprint density at radius 3 is 2.15 bits per heavy atom. The molecule has 1 unspecified atom stereocenters. The number of nitro groups is 2. The van der Waals surface area contributed by atoms with Crippen LogP contribution in [0.5, 0.6) is 0 Å². The Morgan fingerprint density at radius 1 is 1.25 bits per heavy atom. The third-order valence-electron chi connectivity index (χ3n) is 2.40. The van der Waals surface area contributed by atoms with Crippen molar-refractivity contribution in [1.29, 1.82) is 0 Å². The van der Waals surface area contributed by atoms with Crippen LogP contribution in [0.25, 0.3) is 0 Å². The molecule has 0 aromatic heterocycles. The highest BCUT2D eigenvalue weighted by Gasteiger charge is 2.21. The Kier molecular flexibility index (Phi) is 5.56. The summed E-state index contributed by atoms with van der Waals surface area (Å²) in [6, 6.07) is 2.69. The van der Waals surface area contributed by atoms with E-state index in [-0.39, 0.29) is 17.0 Å². The number of hydrogen-bond donors (Lipinski definition) is 0. The van der Waals surface area contributed by atoms with Gasteiger partial charge in [0.05, 0.1) is 21.5 Å². The van der Waals surface area contributed by atoms with Crippen molar-refractivity contribution < 1.29 is 19.4 Å². The lowest BCUT2D eigenvalue weighted by Crippen LogP contribution is -2.13. The second kappa shape index (κ2) is 6.94. The second-order valence-electron chi connectivity index (χ2n) is 3.86. The van der Waals surface area contributed by atoms with Crippen molar-refractivity contribution >= 4 is 33.3 Å². The molecular weight excluding hydrogens is 336 g/mol. The van der Waals surface area contributed by atoms with E-state index >= 15 is 0 Å². The molecule has 0 radical (unpaired) electrons. The number of halogens is 1. The zero-order valence-corrected chi connectivity index (χ0v) is 12.0. The van der Waals surface area contributed by atoms with Gasteiger partial charge >= 0.3 is 5.97 Å². The third-order valence-corrected chi connectivity index (χ3v) is 3.31. The summed E-state index contributed by atoms with van der Waals surface area (Å²) < 4.78 is 4.92. The topological polar surface area (TPSA) is 113 Å². The number of esters is 1. The van der Waals surface area contributed by atoms with Gasteiger partial charge in [0.15, 0.2) is 0 Å². The van der Waals surface area contributed by atoms with Crippen molar-refractivity contribution in [2.75, 3.05) is 6.61 Å². The summed E-state index contributed by atoms with van der Waals surface area (Å²) in [6.07, 6.45) is 0.725. The molecule has 1 rings (SSSR count). The highest BCUT2D eigenvalue weighted by atomic mass is 79.9. The molecule has 1 aromatic rings. The van der Waals surface area contributed by atoms with Gasteiger partial charge in [0.25, 0.3) is 11.4 Å². The number of rotatable bonds is 6. The standard InChI is InChI=1S/C11H11BrN2O6/c1-2-8(12)6-20-11(15)7-3-9(13(16)17)5-10(4-7)14(18)19/h3-5,8H,2,6H2,1H3. The number of nitrogens with zero attached hydrogens (tertiary/aromatic N) is 2. The number of carbonyl (C=O) groups excluding carboxylic acids is 1. The zero-order chi connectivity index (χ0) is 15.3. The average Bonchev–Trinajstić information content (AvgIpc) is 2.43. The predicted molar refractivity (Wildman–Crippen MR) is 73.0 cm³/mol. The quantitative estimate of drug-likeness (QED) is 0.338. The molecule has 108 valence electrons. The van der Waals surface area contributed by atoms with Gasteiger partial charge in [0, 0.05) is 17.0 Å². The molecule has 0 aliphatic heterocycles. The SMILES string of the molecule is CCC(Br)COC(=O)c1cc([N+](=O)[O-])cc([N+](=O)[O-])c1. The molecule has 0 heterocycles. The van der Waals surface area contributed by atoms with E-state index in [1.54, 1.807) is 0 Å². The van der Waals surface area contributed by atoms with E-state index in [4.69, 9.17) is 4.74 Å². The van der Waals surface area contributed by atoms with Gasteiger partial charge in [-0.1, -0.05) is 22.9 Å². The summed E-state index contributed by atoms with van der Waals surface area (Å²) in [5.41, 5.74) is -1.28. The molecule has 1 aromatic carbocycles. The number of non-ortho nitro benzene ring substituents is 2. The molecule has 0 saturated carbocycles. The first-order valence-corrected chi connectivity index (χ1v) is 6.51. The molecule has 0 aliphatic carbocycles. The smallest absolute Gasteiger partial charge is 0.338 e. The van der Waals surface area contributed by atoms with Gasteiger partial charge < -0.3 is 4.74 Å². The van der Waals surface area contributed by atoms with Gasteiger partial charge in [0.1, 0.15) is 6.61 Å².